The fraction of sp³-hybridized carbons (Fsp3) is 0.174. The summed E-state index contributed by atoms with van der Waals surface area (Å²) >= 11 is 0. The third kappa shape index (κ3) is 4.12. The van der Waals surface area contributed by atoms with Crippen molar-refractivity contribution in [2.75, 3.05) is 6.61 Å². The van der Waals surface area contributed by atoms with Crippen LogP contribution in [0.25, 0.3) is 11.1 Å². The van der Waals surface area contributed by atoms with E-state index in [2.05, 4.69) is 12.1 Å². The minimum Gasteiger partial charge on any atom is -0.489 e. The maximum absolute atomic E-state index is 12.4. The number of hydrogen-bond donors (Lipinski definition) is 0. The molecule has 0 aliphatic heterocycles. The monoisotopic (exact) mass is 385 g/mol. The summed E-state index contributed by atoms with van der Waals surface area (Å²) in [5.74, 6) is 0.147. The summed E-state index contributed by atoms with van der Waals surface area (Å²) < 4.78 is 12.5. The molecule has 3 rings (SSSR count). The molecule has 0 aliphatic rings. The molecule has 144 valence electrons. The van der Waals surface area contributed by atoms with Crippen LogP contribution in [0.4, 0.5) is 0 Å². The van der Waals surface area contributed by atoms with Crippen molar-refractivity contribution in [2.24, 2.45) is 7.05 Å². The third-order valence-corrected chi connectivity index (χ3v) is 4.45. The first kappa shape index (κ1) is 19.7. The highest BCUT2D eigenvalue weighted by Gasteiger charge is 2.22. The summed E-state index contributed by atoms with van der Waals surface area (Å²) in [4.78, 5) is 12.4. The van der Waals surface area contributed by atoms with Crippen LogP contribution in [-0.4, -0.2) is 17.1 Å². The molecule has 0 saturated carbocycles. The molecule has 1 aromatic heterocycles. The van der Waals surface area contributed by atoms with E-state index in [9.17, 15) is 10.1 Å². The molecule has 0 fully saturated rings. The second-order valence-corrected chi connectivity index (χ2v) is 6.29. The van der Waals surface area contributed by atoms with Gasteiger partial charge >= 0.3 is 5.97 Å². The summed E-state index contributed by atoms with van der Waals surface area (Å²) in [5.41, 5.74) is 3.36. The van der Waals surface area contributed by atoms with Crippen LogP contribution in [0.15, 0.2) is 54.7 Å². The molecule has 0 unspecified atom stereocenters. The van der Waals surface area contributed by atoms with Gasteiger partial charge < -0.3 is 14.0 Å². The molecule has 0 saturated heterocycles. The van der Waals surface area contributed by atoms with Crippen molar-refractivity contribution in [3.8, 4) is 29.0 Å². The molecular weight excluding hydrogens is 366 g/mol. The number of nitrogens with zero attached hydrogens (tertiary/aromatic N) is 3. The lowest BCUT2D eigenvalue weighted by molar-refractivity contribution is 0.0516. The molecule has 2 aromatic carbocycles. The summed E-state index contributed by atoms with van der Waals surface area (Å²) in [5, 5.41) is 18.6. The van der Waals surface area contributed by atoms with E-state index in [1.54, 1.807) is 55.1 Å². The predicted molar refractivity (Wildman–Crippen MR) is 107 cm³/mol. The number of hydrogen-bond acceptors (Lipinski definition) is 5. The number of nitriles is 2. The number of aromatic nitrogens is 1. The summed E-state index contributed by atoms with van der Waals surface area (Å²) in [6, 6.07) is 18.7. The highest BCUT2D eigenvalue weighted by molar-refractivity contribution is 5.97. The molecule has 0 atom stereocenters. The number of aryl methyl sites for hydroxylation is 1. The van der Waals surface area contributed by atoms with Crippen LogP contribution in [0.1, 0.15) is 34.1 Å². The van der Waals surface area contributed by atoms with Gasteiger partial charge in [0.25, 0.3) is 0 Å². The van der Waals surface area contributed by atoms with Crippen LogP contribution in [0.3, 0.4) is 0 Å². The summed E-state index contributed by atoms with van der Waals surface area (Å²) in [7, 11) is 1.71. The first-order chi connectivity index (χ1) is 14.1. The molecule has 0 radical (unpaired) electrons. The Balaban J connectivity index is 1.86. The second kappa shape index (κ2) is 8.77. The molecule has 0 aliphatic carbocycles. The van der Waals surface area contributed by atoms with Gasteiger partial charge in [-0.25, -0.2) is 4.79 Å². The first-order valence-electron chi connectivity index (χ1n) is 9.06. The quantitative estimate of drug-likeness (QED) is 0.594. The molecule has 6 heteroatoms. The van der Waals surface area contributed by atoms with Gasteiger partial charge in [-0.1, -0.05) is 30.3 Å². The van der Waals surface area contributed by atoms with Crippen molar-refractivity contribution in [2.45, 2.75) is 13.5 Å². The zero-order valence-electron chi connectivity index (χ0n) is 16.2. The van der Waals surface area contributed by atoms with Crippen molar-refractivity contribution in [3.05, 3.63) is 77.1 Å². The largest absolute Gasteiger partial charge is 0.489 e. The molecular formula is C23H19N3O3. The van der Waals surface area contributed by atoms with Gasteiger partial charge in [0.1, 0.15) is 24.1 Å². The lowest BCUT2D eigenvalue weighted by Crippen LogP contribution is -2.10. The fourth-order valence-electron chi connectivity index (χ4n) is 3.08. The summed E-state index contributed by atoms with van der Waals surface area (Å²) in [6.45, 7) is 2.26. The topological polar surface area (TPSA) is 88.0 Å². The van der Waals surface area contributed by atoms with E-state index in [0.29, 0.717) is 28.1 Å². The van der Waals surface area contributed by atoms with E-state index < -0.39 is 5.97 Å². The third-order valence-electron chi connectivity index (χ3n) is 4.45. The number of benzene rings is 2. The molecule has 6 nitrogen and oxygen atoms in total. The van der Waals surface area contributed by atoms with Crippen LogP contribution >= 0.6 is 0 Å². The van der Waals surface area contributed by atoms with Crippen molar-refractivity contribution >= 4 is 5.97 Å². The molecule has 29 heavy (non-hydrogen) atoms. The van der Waals surface area contributed by atoms with Gasteiger partial charge in [0.15, 0.2) is 0 Å². The van der Waals surface area contributed by atoms with Crippen LogP contribution in [0.2, 0.25) is 0 Å². The molecule has 0 bridgehead atoms. The maximum atomic E-state index is 12.4. The van der Waals surface area contributed by atoms with Crippen molar-refractivity contribution in [3.63, 3.8) is 0 Å². The Morgan fingerprint density at radius 1 is 1.03 bits per heavy atom. The Kier molecular flexibility index (Phi) is 5.97. The average molecular weight is 385 g/mol. The number of carbonyl (C=O) groups is 1. The number of carbonyl (C=O) groups excluding carboxylic acids is 1. The lowest BCUT2D eigenvalue weighted by Gasteiger charge is -2.10. The molecule has 0 spiro atoms. The Morgan fingerprint density at radius 3 is 2.38 bits per heavy atom. The van der Waals surface area contributed by atoms with Gasteiger partial charge in [0.05, 0.1) is 23.8 Å². The molecule has 0 amide bonds. The minimum absolute atomic E-state index is 0.252. The van der Waals surface area contributed by atoms with Crippen LogP contribution < -0.4 is 4.74 Å². The van der Waals surface area contributed by atoms with Crippen LogP contribution in [0, 0.1) is 22.7 Å². The fourth-order valence-corrected chi connectivity index (χ4v) is 3.08. The second-order valence-electron chi connectivity index (χ2n) is 6.29. The van der Waals surface area contributed by atoms with Gasteiger partial charge in [0.2, 0.25) is 0 Å². The van der Waals surface area contributed by atoms with Gasteiger partial charge in [-0.15, -0.1) is 0 Å². The highest BCUT2D eigenvalue weighted by Crippen LogP contribution is 2.31. The maximum Gasteiger partial charge on any atom is 0.355 e. The standard InChI is InChI=1S/C23H19N3O3/c1-3-28-23(27)22-21(19(13-25)14-26(22)2)16-8-10-20(11-9-16)29-15-18-7-5-4-6-17(18)12-24/h4-11,14H,3,15H2,1-2H3. The van der Waals surface area contributed by atoms with Gasteiger partial charge in [-0.05, 0) is 30.7 Å². The van der Waals surface area contributed by atoms with E-state index in [1.165, 1.54) is 0 Å². The molecule has 1 heterocycles. The lowest BCUT2D eigenvalue weighted by atomic mass is 10.0. The zero-order chi connectivity index (χ0) is 20.8. The highest BCUT2D eigenvalue weighted by atomic mass is 16.5. The zero-order valence-corrected chi connectivity index (χ0v) is 16.2. The molecule has 3 aromatic rings. The van der Waals surface area contributed by atoms with E-state index in [0.717, 1.165) is 11.1 Å². The van der Waals surface area contributed by atoms with Crippen molar-refractivity contribution in [1.82, 2.24) is 4.57 Å². The normalized spacial score (nSPS) is 10.1. The smallest absolute Gasteiger partial charge is 0.355 e. The average Bonchev–Trinajstić information content (AvgIpc) is 3.09. The number of esters is 1. The Morgan fingerprint density at radius 2 is 1.72 bits per heavy atom. The number of ether oxygens (including phenoxy) is 2. The van der Waals surface area contributed by atoms with Gasteiger partial charge in [-0.3, -0.25) is 0 Å². The van der Waals surface area contributed by atoms with E-state index in [4.69, 9.17) is 14.7 Å². The Hall–Kier alpha value is -4.03. The molecule has 0 N–H and O–H groups in total. The SMILES string of the molecule is CCOC(=O)c1c(-c2ccc(OCc3ccccc3C#N)cc2)c(C#N)cn1C. The minimum atomic E-state index is -0.472. The number of rotatable bonds is 6. The predicted octanol–water partition coefficient (Wildman–Crippen LogP) is 4.19. The van der Waals surface area contributed by atoms with Crippen LogP contribution in [-0.2, 0) is 18.4 Å². The Labute approximate surface area is 169 Å². The van der Waals surface area contributed by atoms with Crippen molar-refractivity contribution < 1.29 is 14.3 Å². The van der Waals surface area contributed by atoms with Gasteiger partial charge in [-0.2, -0.15) is 10.5 Å². The first-order valence-corrected chi connectivity index (χ1v) is 9.06. The Bertz CT molecular complexity index is 1120. The summed E-state index contributed by atoms with van der Waals surface area (Å²) in [6.07, 6.45) is 1.62. The van der Waals surface area contributed by atoms with Gasteiger partial charge in [0, 0.05) is 24.4 Å². The van der Waals surface area contributed by atoms with E-state index in [1.807, 2.05) is 18.2 Å². The van der Waals surface area contributed by atoms with Crippen LogP contribution in [0.5, 0.6) is 5.75 Å². The van der Waals surface area contributed by atoms with Crippen molar-refractivity contribution in [1.29, 1.82) is 10.5 Å². The van der Waals surface area contributed by atoms with E-state index >= 15 is 0 Å². The van der Waals surface area contributed by atoms with E-state index in [-0.39, 0.29) is 13.2 Å².